The molecule has 1 unspecified atom stereocenters. The third kappa shape index (κ3) is 4.05. The average molecular weight is 453 g/mol. The van der Waals surface area contributed by atoms with Crippen LogP contribution in [0.4, 0.5) is 5.69 Å². The van der Waals surface area contributed by atoms with Crippen molar-refractivity contribution in [3.05, 3.63) is 107 Å². The van der Waals surface area contributed by atoms with E-state index >= 15 is 0 Å². The van der Waals surface area contributed by atoms with Crippen LogP contribution in [0.2, 0.25) is 0 Å². The highest BCUT2D eigenvalue weighted by molar-refractivity contribution is 7.80. The summed E-state index contributed by atoms with van der Waals surface area (Å²) < 4.78 is 5.81. The smallest absolute Gasteiger partial charge is 0.258 e. The van der Waals surface area contributed by atoms with Gasteiger partial charge in [-0.2, -0.15) is 4.98 Å². The van der Waals surface area contributed by atoms with E-state index in [0.29, 0.717) is 16.8 Å². The van der Waals surface area contributed by atoms with Crippen LogP contribution in [0.15, 0.2) is 89.1 Å². The van der Waals surface area contributed by atoms with E-state index in [1.54, 1.807) is 0 Å². The van der Waals surface area contributed by atoms with Crippen molar-refractivity contribution < 1.29 is 4.52 Å². The van der Waals surface area contributed by atoms with E-state index in [2.05, 4.69) is 79.8 Å². The number of nitrogens with zero attached hydrogens (tertiary/aromatic N) is 3. The Morgan fingerprint density at radius 3 is 2.15 bits per heavy atom. The van der Waals surface area contributed by atoms with Crippen molar-refractivity contribution in [2.24, 2.45) is 0 Å². The van der Waals surface area contributed by atoms with Crippen molar-refractivity contribution in [3.63, 3.8) is 0 Å². The first-order valence-electron chi connectivity index (χ1n) is 10.9. The fraction of sp³-hybridized carbons (Fsp3) is 0.148. The Morgan fingerprint density at radius 2 is 1.48 bits per heavy atom. The highest BCUT2D eigenvalue weighted by Gasteiger charge is 2.34. The standard InChI is InChI=1S/C27H24N4OS/c1-17-9-13-20(14-10-17)24-23(26-29-25(30-32-26)21-7-5-4-6-8-21)19(3)31(27(33)28-24)22-15-11-18(2)12-16-22/h4-16,24H,1-3H3,(H,28,33). The van der Waals surface area contributed by atoms with Gasteiger partial charge in [0.15, 0.2) is 5.11 Å². The maximum absolute atomic E-state index is 5.82. The van der Waals surface area contributed by atoms with Crippen LogP contribution in [0.3, 0.4) is 0 Å². The van der Waals surface area contributed by atoms with Gasteiger partial charge in [0.1, 0.15) is 0 Å². The fourth-order valence-electron chi connectivity index (χ4n) is 4.07. The molecule has 5 rings (SSSR count). The second-order valence-electron chi connectivity index (χ2n) is 8.25. The molecule has 0 saturated heterocycles. The molecule has 0 fully saturated rings. The molecule has 33 heavy (non-hydrogen) atoms. The molecule has 1 N–H and O–H groups in total. The molecule has 164 valence electrons. The lowest BCUT2D eigenvalue weighted by Crippen LogP contribution is -2.46. The topological polar surface area (TPSA) is 54.2 Å². The van der Waals surface area contributed by atoms with Gasteiger partial charge < -0.3 is 9.84 Å². The number of thiocarbonyl (C=S) groups is 1. The van der Waals surface area contributed by atoms with Gasteiger partial charge in [0.2, 0.25) is 5.82 Å². The quantitative estimate of drug-likeness (QED) is 0.371. The zero-order chi connectivity index (χ0) is 22.9. The molecule has 6 heteroatoms. The Labute approximate surface area is 198 Å². The summed E-state index contributed by atoms with van der Waals surface area (Å²) in [6, 6.07) is 26.4. The number of nitrogens with one attached hydrogen (secondary N) is 1. The lowest BCUT2D eigenvalue weighted by molar-refractivity contribution is 0.404. The van der Waals surface area contributed by atoms with Gasteiger partial charge in [-0.3, -0.25) is 4.90 Å². The van der Waals surface area contributed by atoms with Crippen molar-refractivity contribution in [1.82, 2.24) is 15.5 Å². The molecule has 0 aliphatic carbocycles. The van der Waals surface area contributed by atoms with Gasteiger partial charge >= 0.3 is 0 Å². The number of anilines is 1. The van der Waals surface area contributed by atoms with E-state index in [1.165, 1.54) is 11.1 Å². The Bertz CT molecular complexity index is 1320. The number of rotatable bonds is 4. The number of aryl methyl sites for hydroxylation is 2. The number of hydrogen-bond donors (Lipinski definition) is 1. The molecule has 0 radical (unpaired) electrons. The molecule has 0 amide bonds. The molecular weight excluding hydrogens is 428 g/mol. The van der Waals surface area contributed by atoms with Crippen LogP contribution in [0.25, 0.3) is 17.0 Å². The normalized spacial score (nSPS) is 16.2. The minimum Gasteiger partial charge on any atom is -0.351 e. The van der Waals surface area contributed by atoms with E-state index in [9.17, 15) is 0 Å². The second-order valence-corrected chi connectivity index (χ2v) is 8.64. The summed E-state index contributed by atoms with van der Waals surface area (Å²) in [6.07, 6.45) is 0. The lowest BCUT2D eigenvalue weighted by Gasteiger charge is -2.37. The molecule has 4 aromatic rings. The third-order valence-corrected chi connectivity index (χ3v) is 6.18. The first-order chi connectivity index (χ1) is 16.0. The van der Waals surface area contributed by atoms with Gasteiger partial charge in [-0.25, -0.2) is 0 Å². The maximum Gasteiger partial charge on any atom is 0.258 e. The van der Waals surface area contributed by atoms with Crippen molar-refractivity contribution in [2.75, 3.05) is 4.90 Å². The van der Waals surface area contributed by atoms with Crippen LogP contribution >= 0.6 is 12.2 Å². The van der Waals surface area contributed by atoms with Crippen molar-refractivity contribution in [3.8, 4) is 11.4 Å². The van der Waals surface area contributed by atoms with Gasteiger partial charge in [-0.05, 0) is 50.7 Å². The fourth-order valence-corrected chi connectivity index (χ4v) is 4.43. The Morgan fingerprint density at radius 1 is 0.848 bits per heavy atom. The second kappa shape index (κ2) is 8.64. The van der Waals surface area contributed by atoms with E-state index in [1.807, 2.05) is 35.2 Å². The van der Waals surface area contributed by atoms with Crippen molar-refractivity contribution in [2.45, 2.75) is 26.8 Å². The summed E-state index contributed by atoms with van der Waals surface area (Å²) >= 11 is 5.82. The predicted molar refractivity (Wildman–Crippen MR) is 136 cm³/mol. The van der Waals surface area contributed by atoms with Gasteiger partial charge in [0, 0.05) is 16.9 Å². The minimum absolute atomic E-state index is 0.205. The Kier molecular flexibility index (Phi) is 5.52. The number of benzene rings is 3. The largest absolute Gasteiger partial charge is 0.351 e. The van der Waals surface area contributed by atoms with Crippen molar-refractivity contribution >= 4 is 28.6 Å². The zero-order valence-corrected chi connectivity index (χ0v) is 19.6. The van der Waals surface area contributed by atoms with Gasteiger partial charge in [0.25, 0.3) is 5.89 Å². The highest BCUT2D eigenvalue weighted by atomic mass is 32.1. The minimum atomic E-state index is -0.205. The van der Waals surface area contributed by atoms with Crippen LogP contribution in [0.5, 0.6) is 0 Å². The summed E-state index contributed by atoms with van der Waals surface area (Å²) in [5.74, 6) is 1.03. The molecule has 0 bridgehead atoms. The molecule has 5 nitrogen and oxygen atoms in total. The molecule has 1 aliphatic rings. The molecule has 1 aliphatic heterocycles. The molecule has 0 spiro atoms. The summed E-state index contributed by atoms with van der Waals surface area (Å²) in [5.41, 5.74) is 7.23. The number of allylic oxidation sites excluding steroid dienone is 1. The molecule has 2 heterocycles. The van der Waals surface area contributed by atoms with E-state index < -0.39 is 0 Å². The van der Waals surface area contributed by atoms with Crippen LogP contribution in [-0.4, -0.2) is 15.3 Å². The monoisotopic (exact) mass is 452 g/mol. The summed E-state index contributed by atoms with van der Waals surface area (Å²) in [5, 5.41) is 8.42. The summed E-state index contributed by atoms with van der Waals surface area (Å²) in [7, 11) is 0. The molecule has 1 aromatic heterocycles. The first-order valence-corrected chi connectivity index (χ1v) is 11.3. The lowest BCUT2D eigenvalue weighted by atomic mass is 9.94. The highest BCUT2D eigenvalue weighted by Crippen LogP contribution is 2.39. The Hall–Kier alpha value is -3.77. The SMILES string of the molecule is CC1=C(c2nc(-c3ccccc3)no2)C(c2ccc(C)cc2)NC(=S)N1c1ccc(C)cc1. The van der Waals surface area contributed by atoms with Gasteiger partial charge in [-0.1, -0.05) is 83.0 Å². The molecule has 0 saturated carbocycles. The van der Waals surface area contributed by atoms with Gasteiger partial charge in [0.05, 0.1) is 11.6 Å². The zero-order valence-electron chi connectivity index (χ0n) is 18.7. The molecule has 1 atom stereocenters. The van der Waals surface area contributed by atoms with Crippen LogP contribution in [0.1, 0.15) is 35.5 Å². The maximum atomic E-state index is 5.82. The van der Waals surface area contributed by atoms with Crippen molar-refractivity contribution in [1.29, 1.82) is 0 Å². The van der Waals surface area contributed by atoms with Crippen LogP contribution in [-0.2, 0) is 0 Å². The molecular formula is C27H24N4OS. The van der Waals surface area contributed by atoms with E-state index in [0.717, 1.165) is 28.1 Å². The number of aromatic nitrogens is 2. The molecule has 3 aromatic carbocycles. The Balaban J connectivity index is 1.65. The summed E-state index contributed by atoms with van der Waals surface area (Å²) in [4.78, 5) is 6.80. The number of hydrogen-bond acceptors (Lipinski definition) is 4. The van der Waals surface area contributed by atoms with Crippen LogP contribution < -0.4 is 10.2 Å². The summed E-state index contributed by atoms with van der Waals surface area (Å²) in [6.45, 7) is 6.20. The first kappa shape index (κ1) is 21.1. The van der Waals surface area contributed by atoms with E-state index in [4.69, 9.17) is 21.7 Å². The average Bonchev–Trinajstić information content (AvgIpc) is 3.31. The third-order valence-electron chi connectivity index (χ3n) is 5.88. The predicted octanol–water partition coefficient (Wildman–Crippen LogP) is 6.22. The van der Waals surface area contributed by atoms with E-state index in [-0.39, 0.29) is 6.04 Å². The van der Waals surface area contributed by atoms with Crippen LogP contribution in [0, 0.1) is 13.8 Å². The van der Waals surface area contributed by atoms with Gasteiger partial charge in [-0.15, -0.1) is 0 Å².